The molecule has 0 fully saturated rings. The molecule has 0 aliphatic carbocycles. The Morgan fingerprint density at radius 3 is 2.20 bits per heavy atom. The molecule has 2 heterocycles. The molecule has 2 aromatic heterocycles. The lowest BCUT2D eigenvalue weighted by molar-refractivity contribution is -0.137. The Labute approximate surface area is 234 Å². The number of rotatable bonds is 5. The largest absolute Gasteiger partial charge is 0.416 e. The van der Waals surface area contributed by atoms with E-state index in [1.165, 1.54) is 16.1 Å². The zero-order valence-electron chi connectivity index (χ0n) is 22.0. The summed E-state index contributed by atoms with van der Waals surface area (Å²) in [5, 5.41) is 4.70. The molecule has 0 saturated carbocycles. The van der Waals surface area contributed by atoms with Crippen LogP contribution in [0.2, 0.25) is 0 Å². The minimum atomic E-state index is -4.50. The van der Waals surface area contributed by atoms with Crippen LogP contribution in [-0.2, 0) is 16.2 Å². The van der Waals surface area contributed by atoms with Gasteiger partial charge in [0.2, 0.25) is 0 Å². The van der Waals surface area contributed by atoms with Crippen LogP contribution in [0.3, 0.4) is 0 Å². The van der Waals surface area contributed by atoms with E-state index in [0.29, 0.717) is 33.4 Å². The van der Waals surface area contributed by atoms with E-state index in [1.807, 2.05) is 43.3 Å². The highest BCUT2D eigenvalue weighted by molar-refractivity contribution is 7.90. The first-order valence-corrected chi connectivity index (χ1v) is 14.1. The van der Waals surface area contributed by atoms with Gasteiger partial charge in [0, 0.05) is 11.8 Å². The monoisotopic (exact) mass is 572 g/mol. The first-order chi connectivity index (χ1) is 19.5. The fourth-order valence-electron chi connectivity index (χ4n) is 4.78. The summed E-state index contributed by atoms with van der Waals surface area (Å²) in [6.07, 6.45) is -2.85. The molecule has 0 bridgehead atoms. The molecule has 0 aliphatic heterocycles. The van der Waals surface area contributed by atoms with E-state index in [-0.39, 0.29) is 16.4 Å². The normalized spacial score (nSPS) is 12.2. The van der Waals surface area contributed by atoms with Gasteiger partial charge in [-0.15, -0.1) is 0 Å². The maximum Gasteiger partial charge on any atom is 0.416 e. The molecule has 0 atom stereocenters. The molecule has 0 amide bonds. The lowest BCUT2D eigenvalue weighted by Gasteiger charge is -2.13. The maximum atomic E-state index is 14.3. The van der Waals surface area contributed by atoms with Crippen LogP contribution in [0, 0.1) is 13.8 Å². The molecule has 206 valence electrons. The highest BCUT2D eigenvalue weighted by atomic mass is 32.2. The number of hydrogen-bond donors (Lipinski definition) is 0. The average Bonchev–Trinajstić information content (AvgIpc) is 3.57. The standard InChI is InChI=1S/C31H23F3N4O2S/c1-20-12-13-21(2)28(18-20)41(39,40)38-27-11-7-6-10-26(27)35-30(38)25-19-37(24-8-4-3-5-9-24)36-29(25)22-14-16-23(17-15-22)31(32,33)34/h3-19H,1-2H3. The Kier molecular flexibility index (Phi) is 6.30. The fourth-order valence-corrected chi connectivity index (χ4v) is 6.57. The third-order valence-corrected chi connectivity index (χ3v) is 8.69. The molecule has 4 aromatic carbocycles. The van der Waals surface area contributed by atoms with Crippen molar-refractivity contribution in [3.63, 3.8) is 0 Å². The molecule has 6 nitrogen and oxygen atoms in total. The number of fused-ring (bicyclic) bond motifs is 1. The molecule has 10 heteroatoms. The van der Waals surface area contributed by atoms with Gasteiger partial charge in [0.15, 0.2) is 5.82 Å². The smallest absolute Gasteiger partial charge is 0.240 e. The third kappa shape index (κ3) is 4.70. The van der Waals surface area contributed by atoms with Gasteiger partial charge in [-0.2, -0.15) is 18.3 Å². The van der Waals surface area contributed by atoms with E-state index in [0.717, 1.165) is 17.7 Å². The highest BCUT2D eigenvalue weighted by Crippen LogP contribution is 2.37. The van der Waals surface area contributed by atoms with Crippen LogP contribution >= 0.6 is 0 Å². The van der Waals surface area contributed by atoms with Gasteiger partial charge in [0.05, 0.1) is 32.7 Å². The second-order valence-corrected chi connectivity index (χ2v) is 11.5. The Bertz CT molecular complexity index is 2010. The van der Waals surface area contributed by atoms with Crippen molar-refractivity contribution in [3.8, 4) is 28.3 Å². The van der Waals surface area contributed by atoms with Crippen molar-refractivity contribution in [2.45, 2.75) is 24.9 Å². The molecule has 6 rings (SSSR count). The van der Waals surface area contributed by atoms with Crippen LogP contribution in [0.1, 0.15) is 16.7 Å². The van der Waals surface area contributed by atoms with E-state index in [1.54, 1.807) is 54.2 Å². The Morgan fingerprint density at radius 1 is 0.805 bits per heavy atom. The van der Waals surface area contributed by atoms with E-state index in [9.17, 15) is 21.6 Å². The molecule has 41 heavy (non-hydrogen) atoms. The molecule has 0 spiro atoms. The van der Waals surface area contributed by atoms with E-state index >= 15 is 0 Å². The van der Waals surface area contributed by atoms with Crippen molar-refractivity contribution in [2.24, 2.45) is 0 Å². The van der Waals surface area contributed by atoms with Gasteiger partial charge >= 0.3 is 6.18 Å². The van der Waals surface area contributed by atoms with Gasteiger partial charge in [-0.3, -0.25) is 0 Å². The van der Waals surface area contributed by atoms with Crippen LogP contribution in [0.5, 0.6) is 0 Å². The van der Waals surface area contributed by atoms with E-state index in [2.05, 4.69) is 0 Å². The summed E-state index contributed by atoms with van der Waals surface area (Å²) < 4.78 is 71.4. The summed E-state index contributed by atoms with van der Waals surface area (Å²) in [5.74, 6) is 0.101. The van der Waals surface area contributed by atoms with Gasteiger partial charge in [-0.05, 0) is 67.4 Å². The number of aromatic nitrogens is 4. The number of imidazole rings is 1. The third-order valence-electron chi connectivity index (χ3n) is 6.84. The Balaban J connectivity index is 1.65. The van der Waals surface area contributed by atoms with Gasteiger partial charge in [0.1, 0.15) is 5.69 Å². The predicted octanol–water partition coefficient (Wildman–Crippen LogP) is 7.43. The topological polar surface area (TPSA) is 69.8 Å². The first kappa shape index (κ1) is 26.5. The average molecular weight is 573 g/mol. The number of para-hydroxylation sites is 3. The van der Waals surface area contributed by atoms with E-state index in [4.69, 9.17) is 10.1 Å². The summed E-state index contributed by atoms with van der Waals surface area (Å²) in [6.45, 7) is 3.55. The van der Waals surface area contributed by atoms with Gasteiger partial charge in [-0.1, -0.05) is 54.6 Å². The van der Waals surface area contributed by atoms with Gasteiger partial charge < -0.3 is 0 Å². The van der Waals surface area contributed by atoms with Crippen LogP contribution in [-0.4, -0.2) is 27.2 Å². The lowest BCUT2D eigenvalue weighted by atomic mass is 10.1. The molecule has 6 aromatic rings. The van der Waals surface area contributed by atoms with Gasteiger partial charge in [0.25, 0.3) is 10.0 Å². The molecule has 0 radical (unpaired) electrons. The maximum absolute atomic E-state index is 14.3. The SMILES string of the molecule is Cc1ccc(C)c(S(=O)(=O)n2c(-c3cn(-c4ccccc4)nc3-c3ccc(C(F)(F)F)cc3)nc3ccccc32)c1. The number of benzene rings is 4. The molecule has 0 aliphatic rings. The number of nitrogens with zero attached hydrogens (tertiary/aromatic N) is 4. The van der Waals surface area contributed by atoms with Crippen molar-refractivity contribution >= 4 is 21.1 Å². The molecule has 0 unspecified atom stereocenters. The summed E-state index contributed by atoms with van der Waals surface area (Å²) in [6, 6.07) is 25.9. The van der Waals surface area contributed by atoms with Crippen LogP contribution < -0.4 is 0 Å². The molecular formula is C31H23F3N4O2S. The fraction of sp³-hybridized carbons (Fsp3) is 0.0968. The van der Waals surface area contributed by atoms with Crippen molar-refractivity contribution in [3.05, 3.63) is 120 Å². The Hall–Kier alpha value is -4.70. The number of hydrogen-bond acceptors (Lipinski definition) is 4. The van der Waals surface area contributed by atoms with Crippen LogP contribution in [0.4, 0.5) is 13.2 Å². The first-order valence-electron chi connectivity index (χ1n) is 12.7. The summed E-state index contributed by atoms with van der Waals surface area (Å²) in [4.78, 5) is 4.86. The molecular weight excluding hydrogens is 549 g/mol. The highest BCUT2D eigenvalue weighted by Gasteiger charge is 2.32. The lowest BCUT2D eigenvalue weighted by Crippen LogP contribution is -2.16. The summed E-state index contributed by atoms with van der Waals surface area (Å²) in [7, 11) is -4.17. The Morgan fingerprint density at radius 2 is 1.49 bits per heavy atom. The van der Waals surface area contributed by atoms with Crippen LogP contribution in [0.25, 0.3) is 39.4 Å². The summed E-state index contributed by atoms with van der Waals surface area (Å²) in [5.41, 5.74) is 3.07. The predicted molar refractivity (Wildman–Crippen MR) is 151 cm³/mol. The summed E-state index contributed by atoms with van der Waals surface area (Å²) >= 11 is 0. The molecule has 0 saturated heterocycles. The van der Waals surface area contributed by atoms with Crippen molar-refractivity contribution < 1.29 is 21.6 Å². The van der Waals surface area contributed by atoms with E-state index < -0.39 is 21.8 Å². The second-order valence-electron chi connectivity index (χ2n) is 9.71. The number of aryl methyl sites for hydroxylation is 2. The number of alkyl halides is 3. The quantitative estimate of drug-likeness (QED) is 0.215. The zero-order chi connectivity index (χ0) is 28.9. The van der Waals surface area contributed by atoms with Crippen molar-refractivity contribution in [2.75, 3.05) is 0 Å². The second kappa shape index (κ2) is 9.74. The number of halogens is 3. The zero-order valence-corrected chi connectivity index (χ0v) is 22.8. The minimum absolute atomic E-state index is 0.101. The van der Waals surface area contributed by atoms with Gasteiger partial charge in [-0.25, -0.2) is 22.1 Å². The van der Waals surface area contributed by atoms with Crippen molar-refractivity contribution in [1.82, 2.24) is 18.7 Å². The minimum Gasteiger partial charge on any atom is -0.240 e. The van der Waals surface area contributed by atoms with Crippen LogP contribution in [0.15, 0.2) is 108 Å². The molecule has 0 N–H and O–H groups in total. The van der Waals surface area contributed by atoms with Crippen molar-refractivity contribution in [1.29, 1.82) is 0 Å².